The molecule has 0 aliphatic heterocycles. The number of hydrogen-bond acceptors (Lipinski definition) is 1. The Morgan fingerprint density at radius 1 is 0.897 bits per heavy atom. The number of rotatable bonds is 10. The number of benzene rings is 2. The van der Waals surface area contributed by atoms with Gasteiger partial charge in [-0.25, -0.2) is 0 Å². The number of nitrogens with zero attached hydrogens (tertiary/aromatic N) is 1. The molecule has 3 rings (SSSR count). The minimum atomic E-state index is 0.321. The maximum absolute atomic E-state index is 6.60. The third kappa shape index (κ3) is 6.59. The molecular weight excluding hydrogens is 374 g/mol. The van der Waals surface area contributed by atoms with Crippen LogP contribution < -0.4 is 0 Å². The van der Waals surface area contributed by atoms with Crippen molar-refractivity contribution in [3.8, 4) is 0 Å². The van der Waals surface area contributed by atoms with E-state index in [1.54, 1.807) is 0 Å². The van der Waals surface area contributed by atoms with E-state index >= 15 is 0 Å². The Kier molecular flexibility index (Phi) is 9.08. The van der Waals surface area contributed by atoms with E-state index in [4.69, 9.17) is 11.6 Å². The molecule has 1 fully saturated rings. The molecule has 0 aromatic heterocycles. The highest BCUT2D eigenvalue weighted by atomic mass is 35.5. The summed E-state index contributed by atoms with van der Waals surface area (Å²) in [5.74, 6) is 0.552. The molecule has 0 heterocycles. The zero-order valence-corrected chi connectivity index (χ0v) is 19.1. The van der Waals surface area contributed by atoms with E-state index in [0.29, 0.717) is 17.3 Å². The van der Waals surface area contributed by atoms with Gasteiger partial charge in [0.1, 0.15) is 0 Å². The van der Waals surface area contributed by atoms with Crippen molar-refractivity contribution in [3.05, 3.63) is 71.3 Å². The molecule has 2 aromatic rings. The van der Waals surface area contributed by atoms with E-state index in [9.17, 15) is 0 Å². The maximum Gasteiger partial charge on any atom is 0.0404 e. The monoisotopic (exact) mass is 411 g/mol. The fraction of sp³-hybridized carbons (Fsp3) is 0.556. The Labute approximate surface area is 183 Å². The summed E-state index contributed by atoms with van der Waals surface area (Å²) in [4.78, 5) is 2.67. The highest BCUT2D eigenvalue weighted by Crippen LogP contribution is 2.36. The molecule has 1 aliphatic rings. The summed E-state index contributed by atoms with van der Waals surface area (Å²) in [6.07, 6.45) is 9.79. The van der Waals surface area contributed by atoms with Gasteiger partial charge in [0.2, 0.25) is 0 Å². The highest BCUT2D eigenvalue weighted by molar-refractivity contribution is 6.21. The Balaban J connectivity index is 1.52. The lowest BCUT2D eigenvalue weighted by Crippen LogP contribution is -2.36. The van der Waals surface area contributed by atoms with Gasteiger partial charge in [0.15, 0.2) is 0 Å². The second-order valence-electron chi connectivity index (χ2n) is 8.61. The minimum absolute atomic E-state index is 0.321. The van der Waals surface area contributed by atoms with Gasteiger partial charge < -0.3 is 4.90 Å². The SMILES string of the molecule is CCC(CCc1ccc(C2CCCCC2Cl)cc1)N(CC)CCc1ccccc1. The second kappa shape index (κ2) is 11.8. The Hall–Kier alpha value is -1.31. The van der Waals surface area contributed by atoms with Gasteiger partial charge in [0, 0.05) is 23.9 Å². The van der Waals surface area contributed by atoms with Crippen LogP contribution in [-0.4, -0.2) is 29.4 Å². The first-order chi connectivity index (χ1) is 14.2. The zero-order chi connectivity index (χ0) is 20.5. The molecular formula is C27H38ClN. The van der Waals surface area contributed by atoms with Crippen molar-refractivity contribution < 1.29 is 0 Å². The predicted octanol–water partition coefficient (Wildman–Crippen LogP) is 7.23. The largest absolute Gasteiger partial charge is 0.300 e. The first-order valence-electron chi connectivity index (χ1n) is 11.7. The molecule has 0 saturated heterocycles. The summed E-state index contributed by atoms with van der Waals surface area (Å²) in [5.41, 5.74) is 4.35. The molecule has 3 atom stereocenters. The Bertz CT molecular complexity index is 696. The molecule has 2 heteroatoms. The molecule has 0 bridgehead atoms. The summed E-state index contributed by atoms with van der Waals surface area (Å²) in [6, 6.07) is 20.9. The van der Waals surface area contributed by atoms with Gasteiger partial charge in [0.25, 0.3) is 0 Å². The van der Waals surface area contributed by atoms with Crippen LogP contribution in [-0.2, 0) is 12.8 Å². The van der Waals surface area contributed by atoms with Gasteiger partial charge in [-0.1, -0.05) is 81.3 Å². The van der Waals surface area contributed by atoms with Gasteiger partial charge in [0.05, 0.1) is 0 Å². The minimum Gasteiger partial charge on any atom is -0.300 e. The quantitative estimate of drug-likeness (QED) is 0.373. The van der Waals surface area contributed by atoms with Crippen LogP contribution in [0.2, 0.25) is 0 Å². The van der Waals surface area contributed by atoms with Crippen molar-refractivity contribution in [2.45, 2.75) is 82.6 Å². The van der Waals surface area contributed by atoms with Crippen LogP contribution in [0.3, 0.4) is 0 Å². The van der Waals surface area contributed by atoms with Crippen molar-refractivity contribution in [1.29, 1.82) is 0 Å². The first-order valence-corrected chi connectivity index (χ1v) is 12.2. The van der Waals surface area contributed by atoms with E-state index in [1.807, 2.05) is 0 Å². The number of halogens is 1. The van der Waals surface area contributed by atoms with Crippen LogP contribution in [0.1, 0.15) is 75.0 Å². The van der Waals surface area contributed by atoms with E-state index in [2.05, 4.69) is 73.3 Å². The van der Waals surface area contributed by atoms with Crippen LogP contribution in [0.5, 0.6) is 0 Å². The van der Waals surface area contributed by atoms with Gasteiger partial charge in [-0.15, -0.1) is 11.6 Å². The third-order valence-electron chi connectivity index (χ3n) is 6.78. The molecule has 1 aliphatic carbocycles. The van der Waals surface area contributed by atoms with E-state index in [0.717, 1.165) is 25.9 Å². The van der Waals surface area contributed by atoms with Crippen LogP contribution in [0.25, 0.3) is 0 Å². The van der Waals surface area contributed by atoms with Crippen molar-refractivity contribution >= 4 is 11.6 Å². The average molecular weight is 412 g/mol. The maximum atomic E-state index is 6.60. The highest BCUT2D eigenvalue weighted by Gasteiger charge is 2.24. The molecule has 0 amide bonds. The standard InChI is InChI=1S/C27H38ClN/c1-3-25(29(4-2)21-20-22-10-6-5-7-11-22)19-16-23-14-17-24(18-15-23)26-12-8-9-13-27(26)28/h5-7,10-11,14-15,17-18,25-27H,3-4,8-9,12-13,16,19-21H2,1-2H3. The van der Waals surface area contributed by atoms with Crippen LogP contribution in [0.4, 0.5) is 0 Å². The van der Waals surface area contributed by atoms with Crippen LogP contribution in [0, 0.1) is 0 Å². The van der Waals surface area contributed by atoms with Crippen molar-refractivity contribution in [3.63, 3.8) is 0 Å². The Morgan fingerprint density at radius 2 is 1.59 bits per heavy atom. The number of aryl methyl sites for hydroxylation is 1. The lowest BCUT2D eigenvalue weighted by molar-refractivity contribution is 0.193. The topological polar surface area (TPSA) is 3.24 Å². The molecule has 1 nitrogen and oxygen atoms in total. The summed E-state index contributed by atoms with van der Waals surface area (Å²) in [6.45, 7) is 6.91. The first kappa shape index (κ1) is 22.4. The average Bonchev–Trinajstić information content (AvgIpc) is 2.77. The number of likely N-dealkylation sites (N-methyl/N-ethyl adjacent to an activating group) is 1. The van der Waals surface area contributed by atoms with Crippen molar-refractivity contribution in [2.75, 3.05) is 13.1 Å². The molecule has 2 aromatic carbocycles. The molecule has 0 spiro atoms. The zero-order valence-electron chi connectivity index (χ0n) is 18.3. The Morgan fingerprint density at radius 3 is 2.24 bits per heavy atom. The lowest BCUT2D eigenvalue weighted by Gasteiger charge is -2.30. The summed E-state index contributed by atoms with van der Waals surface area (Å²) >= 11 is 6.60. The summed E-state index contributed by atoms with van der Waals surface area (Å²) < 4.78 is 0. The third-order valence-corrected chi connectivity index (χ3v) is 7.30. The van der Waals surface area contributed by atoms with Gasteiger partial charge in [-0.05, 0) is 61.8 Å². The molecule has 1 saturated carbocycles. The summed E-state index contributed by atoms with van der Waals surface area (Å²) in [5, 5.41) is 0.321. The van der Waals surface area contributed by atoms with Gasteiger partial charge in [-0.2, -0.15) is 0 Å². The van der Waals surface area contributed by atoms with Gasteiger partial charge >= 0.3 is 0 Å². The summed E-state index contributed by atoms with van der Waals surface area (Å²) in [7, 11) is 0. The number of hydrogen-bond donors (Lipinski definition) is 0. The fourth-order valence-electron chi connectivity index (χ4n) is 4.89. The molecule has 0 N–H and O–H groups in total. The van der Waals surface area contributed by atoms with E-state index in [-0.39, 0.29) is 0 Å². The normalized spacial score (nSPS) is 20.7. The van der Waals surface area contributed by atoms with E-state index in [1.165, 1.54) is 55.2 Å². The molecule has 158 valence electrons. The van der Waals surface area contributed by atoms with Gasteiger partial charge in [-0.3, -0.25) is 0 Å². The van der Waals surface area contributed by atoms with Crippen molar-refractivity contribution in [1.82, 2.24) is 4.90 Å². The van der Waals surface area contributed by atoms with Crippen LogP contribution in [0.15, 0.2) is 54.6 Å². The molecule has 29 heavy (non-hydrogen) atoms. The molecule has 0 radical (unpaired) electrons. The number of alkyl halides is 1. The predicted molar refractivity (Wildman–Crippen MR) is 127 cm³/mol. The molecule has 3 unspecified atom stereocenters. The second-order valence-corrected chi connectivity index (χ2v) is 9.17. The smallest absolute Gasteiger partial charge is 0.0404 e. The van der Waals surface area contributed by atoms with Crippen LogP contribution >= 0.6 is 11.6 Å². The lowest BCUT2D eigenvalue weighted by atomic mass is 9.83. The van der Waals surface area contributed by atoms with E-state index < -0.39 is 0 Å². The van der Waals surface area contributed by atoms with Crippen molar-refractivity contribution in [2.24, 2.45) is 0 Å². The fourth-order valence-corrected chi connectivity index (χ4v) is 5.31.